The van der Waals surface area contributed by atoms with E-state index in [1.54, 1.807) is 0 Å². The molecular weight excluding hydrogens is 356 g/mol. The zero-order valence-corrected chi connectivity index (χ0v) is 19.7. The van der Waals surface area contributed by atoms with Crippen LogP contribution in [0, 0.1) is 23.7 Å². The Bertz CT molecular complexity index is 549. The summed E-state index contributed by atoms with van der Waals surface area (Å²) >= 11 is 0. The SMILES string of the molecule is C=C(C)C1CC(C/C=C/C=C(\C=C/C)CN(CCC)CCCON)CC(C)C1C. The van der Waals surface area contributed by atoms with E-state index in [2.05, 4.69) is 76.5 Å². The molecule has 1 saturated carbocycles. The molecule has 1 rings (SSSR count). The lowest BCUT2D eigenvalue weighted by atomic mass is 9.66. The third-order valence-electron chi connectivity index (χ3n) is 6.44. The molecule has 4 unspecified atom stereocenters. The second kappa shape index (κ2) is 14.8. The van der Waals surface area contributed by atoms with Gasteiger partial charge >= 0.3 is 0 Å². The predicted molar refractivity (Wildman–Crippen MR) is 127 cm³/mol. The monoisotopic (exact) mass is 402 g/mol. The van der Waals surface area contributed by atoms with E-state index in [1.165, 1.54) is 30.4 Å². The summed E-state index contributed by atoms with van der Waals surface area (Å²) in [7, 11) is 0. The van der Waals surface area contributed by atoms with E-state index in [0.29, 0.717) is 12.5 Å². The van der Waals surface area contributed by atoms with Crippen LogP contribution in [0.1, 0.15) is 66.7 Å². The Morgan fingerprint density at radius 3 is 2.62 bits per heavy atom. The van der Waals surface area contributed by atoms with Gasteiger partial charge in [0.25, 0.3) is 0 Å². The molecule has 0 aliphatic heterocycles. The van der Waals surface area contributed by atoms with Crippen LogP contribution in [0.15, 0.2) is 48.1 Å². The van der Waals surface area contributed by atoms with Crippen LogP contribution in [-0.2, 0) is 4.84 Å². The summed E-state index contributed by atoms with van der Waals surface area (Å²) in [6.07, 6.45) is 17.2. The van der Waals surface area contributed by atoms with Crippen LogP contribution in [0.2, 0.25) is 0 Å². The van der Waals surface area contributed by atoms with Gasteiger partial charge in [-0.2, -0.15) is 0 Å². The van der Waals surface area contributed by atoms with Gasteiger partial charge in [-0.05, 0) is 81.7 Å². The number of hydrogen-bond donors (Lipinski definition) is 1. The van der Waals surface area contributed by atoms with Gasteiger partial charge < -0.3 is 4.84 Å². The Morgan fingerprint density at radius 1 is 1.24 bits per heavy atom. The lowest BCUT2D eigenvalue weighted by Crippen LogP contribution is -2.29. The fourth-order valence-electron chi connectivity index (χ4n) is 4.70. The molecule has 0 bridgehead atoms. The quantitative estimate of drug-likeness (QED) is 0.170. The van der Waals surface area contributed by atoms with Crippen molar-refractivity contribution in [2.75, 3.05) is 26.2 Å². The van der Waals surface area contributed by atoms with Crippen LogP contribution in [0.3, 0.4) is 0 Å². The van der Waals surface area contributed by atoms with Gasteiger partial charge in [-0.15, -0.1) is 0 Å². The smallest absolute Gasteiger partial charge is 0.0691 e. The lowest BCUT2D eigenvalue weighted by molar-refractivity contribution is 0.124. The maximum atomic E-state index is 5.17. The molecule has 3 nitrogen and oxygen atoms in total. The molecular formula is C26H46N2O. The van der Waals surface area contributed by atoms with Crippen LogP contribution in [-0.4, -0.2) is 31.1 Å². The van der Waals surface area contributed by atoms with Gasteiger partial charge in [0.15, 0.2) is 0 Å². The van der Waals surface area contributed by atoms with Gasteiger partial charge in [0.2, 0.25) is 0 Å². The topological polar surface area (TPSA) is 38.5 Å². The molecule has 0 amide bonds. The highest BCUT2D eigenvalue weighted by molar-refractivity contribution is 5.25. The number of hydrogen-bond acceptors (Lipinski definition) is 3. The number of nitrogens with zero attached hydrogens (tertiary/aromatic N) is 1. The molecule has 3 heteroatoms. The molecule has 29 heavy (non-hydrogen) atoms. The van der Waals surface area contributed by atoms with Crippen molar-refractivity contribution in [1.82, 2.24) is 4.90 Å². The summed E-state index contributed by atoms with van der Waals surface area (Å²) < 4.78 is 0. The van der Waals surface area contributed by atoms with Gasteiger partial charge in [-0.1, -0.05) is 63.3 Å². The van der Waals surface area contributed by atoms with Crippen LogP contribution in [0.25, 0.3) is 0 Å². The van der Waals surface area contributed by atoms with Gasteiger partial charge in [0.1, 0.15) is 0 Å². The highest BCUT2D eigenvalue weighted by Gasteiger charge is 2.32. The maximum absolute atomic E-state index is 5.17. The van der Waals surface area contributed by atoms with Crippen LogP contribution in [0.5, 0.6) is 0 Å². The van der Waals surface area contributed by atoms with Gasteiger partial charge in [-0.25, -0.2) is 5.90 Å². The van der Waals surface area contributed by atoms with E-state index in [4.69, 9.17) is 10.7 Å². The van der Waals surface area contributed by atoms with E-state index >= 15 is 0 Å². The molecule has 0 aromatic heterocycles. The Balaban J connectivity index is 2.65. The number of nitrogens with two attached hydrogens (primary N) is 1. The number of rotatable bonds is 13. The predicted octanol–water partition coefficient (Wildman–Crippen LogP) is 6.30. The Hall–Kier alpha value is -1.16. The molecule has 2 N–H and O–H groups in total. The minimum absolute atomic E-state index is 0.617. The summed E-state index contributed by atoms with van der Waals surface area (Å²) in [5.74, 6) is 8.19. The van der Waals surface area contributed by atoms with Crippen molar-refractivity contribution in [1.29, 1.82) is 0 Å². The molecule has 1 fully saturated rings. The molecule has 4 atom stereocenters. The first kappa shape index (κ1) is 25.9. The Morgan fingerprint density at radius 2 is 2.00 bits per heavy atom. The summed E-state index contributed by atoms with van der Waals surface area (Å²) in [5, 5.41) is 0. The normalized spacial score (nSPS) is 26.1. The van der Waals surface area contributed by atoms with Crippen molar-refractivity contribution < 1.29 is 4.84 Å². The first-order valence-corrected chi connectivity index (χ1v) is 11.6. The zero-order valence-electron chi connectivity index (χ0n) is 19.7. The van der Waals surface area contributed by atoms with Crippen LogP contribution < -0.4 is 5.90 Å². The maximum Gasteiger partial charge on any atom is 0.0691 e. The first-order chi connectivity index (χ1) is 13.9. The lowest BCUT2D eigenvalue weighted by Gasteiger charge is -2.39. The fraction of sp³-hybridized carbons (Fsp3) is 0.692. The highest BCUT2D eigenvalue weighted by atomic mass is 16.6. The summed E-state index contributed by atoms with van der Waals surface area (Å²) in [6.45, 7) is 19.3. The van der Waals surface area contributed by atoms with E-state index in [0.717, 1.165) is 50.2 Å². The van der Waals surface area contributed by atoms with E-state index in [1.807, 2.05) is 0 Å². The van der Waals surface area contributed by atoms with Crippen LogP contribution in [0.4, 0.5) is 0 Å². The molecule has 1 aliphatic carbocycles. The third kappa shape index (κ3) is 9.93. The number of allylic oxidation sites excluding steroid dienone is 5. The molecule has 0 aromatic carbocycles. The molecule has 0 aromatic rings. The third-order valence-corrected chi connectivity index (χ3v) is 6.44. The van der Waals surface area contributed by atoms with E-state index in [9.17, 15) is 0 Å². The molecule has 0 spiro atoms. The minimum atomic E-state index is 0.617. The Labute approximate surface area is 180 Å². The zero-order chi connectivity index (χ0) is 21.6. The Kier molecular flexibility index (Phi) is 13.2. The van der Waals surface area contributed by atoms with E-state index < -0.39 is 0 Å². The minimum Gasteiger partial charge on any atom is -0.305 e. The summed E-state index contributed by atoms with van der Waals surface area (Å²) in [5.41, 5.74) is 2.72. The molecule has 0 heterocycles. The molecule has 1 aliphatic rings. The second-order valence-electron chi connectivity index (χ2n) is 9.03. The van der Waals surface area contributed by atoms with Crippen molar-refractivity contribution in [2.45, 2.75) is 66.7 Å². The van der Waals surface area contributed by atoms with Gasteiger partial charge in [0.05, 0.1) is 6.61 Å². The molecule has 0 saturated heterocycles. The molecule has 166 valence electrons. The van der Waals surface area contributed by atoms with E-state index in [-0.39, 0.29) is 0 Å². The van der Waals surface area contributed by atoms with Crippen molar-refractivity contribution in [2.24, 2.45) is 29.6 Å². The largest absolute Gasteiger partial charge is 0.305 e. The van der Waals surface area contributed by atoms with Crippen molar-refractivity contribution in [3.8, 4) is 0 Å². The molecule has 0 radical (unpaired) electrons. The standard InChI is InChI=1S/C26H46N2O/c1-7-12-24(20-28(15-8-2)16-11-17-29-27)13-9-10-14-25-18-22(5)23(6)26(19-25)21(3)4/h7,9-10,12-13,22-23,25-26H,3,8,11,14-20,27H2,1-2,4-6H3/b10-9+,12-7-,24-13+. The average molecular weight is 403 g/mol. The van der Waals surface area contributed by atoms with Crippen molar-refractivity contribution in [3.05, 3.63) is 48.1 Å². The van der Waals surface area contributed by atoms with Gasteiger partial charge in [-0.3, -0.25) is 4.90 Å². The van der Waals surface area contributed by atoms with Crippen molar-refractivity contribution >= 4 is 0 Å². The summed E-state index contributed by atoms with van der Waals surface area (Å²) in [6, 6.07) is 0. The first-order valence-electron chi connectivity index (χ1n) is 11.6. The average Bonchev–Trinajstić information content (AvgIpc) is 2.67. The highest BCUT2D eigenvalue weighted by Crippen LogP contribution is 2.42. The van der Waals surface area contributed by atoms with Gasteiger partial charge in [0, 0.05) is 13.1 Å². The fourth-order valence-corrected chi connectivity index (χ4v) is 4.70. The second-order valence-corrected chi connectivity index (χ2v) is 9.03. The summed E-state index contributed by atoms with van der Waals surface area (Å²) in [4.78, 5) is 7.21. The van der Waals surface area contributed by atoms with Crippen LogP contribution >= 0.6 is 0 Å². The van der Waals surface area contributed by atoms with Crippen molar-refractivity contribution in [3.63, 3.8) is 0 Å².